The molecule has 0 aliphatic rings. The average molecular weight is 220 g/mol. The maximum atomic E-state index is 3.46. The molecule has 1 rings (SSSR count). The lowest BCUT2D eigenvalue weighted by Crippen LogP contribution is -2.37. The zero-order valence-electron chi connectivity index (χ0n) is 10.7. The molecule has 0 amide bonds. The lowest BCUT2D eigenvalue weighted by molar-refractivity contribution is 0.243. The normalized spacial score (nSPS) is 13.0. The molecule has 0 aliphatic heterocycles. The molecular weight excluding hydrogens is 196 g/mol. The molecule has 16 heavy (non-hydrogen) atoms. The minimum atomic E-state index is 0.576. The molecule has 2 nitrogen and oxygen atoms in total. The summed E-state index contributed by atoms with van der Waals surface area (Å²) in [6, 6.07) is 11.2. The zero-order valence-corrected chi connectivity index (χ0v) is 10.7. The lowest BCUT2D eigenvalue weighted by Gasteiger charge is -2.25. The molecule has 1 unspecified atom stereocenters. The van der Waals surface area contributed by atoms with E-state index in [9.17, 15) is 0 Å². The summed E-state index contributed by atoms with van der Waals surface area (Å²) in [4.78, 5) is 2.39. The van der Waals surface area contributed by atoms with Crippen LogP contribution in [-0.2, 0) is 6.54 Å². The Morgan fingerprint density at radius 3 is 2.56 bits per heavy atom. The van der Waals surface area contributed by atoms with Gasteiger partial charge >= 0.3 is 0 Å². The summed E-state index contributed by atoms with van der Waals surface area (Å²) in [5.74, 6) is 0. The van der Waals surface area contributed by atoms with E-state index < -0.39 is 0 Å². The Bertz CT molecular complexity index is 271. The molecule has 0 saturated heterocycles. The number of hydrogen-bond donors (Lipinski definition) is 1. The maximum absolute atomic E-state index is 3.46. The van der Waals surface area contributed by atoms with Gasteiger partial charge in [-0.3, -0.25) is 4.90 Å². The number of benzene rings is 1. The number of nitrogens with zero attached hydrogens (tertiary/aromatic N) is 1. The third-order valence-corrected chi connectivity index (χ3v) is 2.89. The highest BCUT2D eigenvalue weighted by Gasteiger charge is 2.08. The van der Waals surface area contributed by atoms with E-state index in [1.165, 1.54) is 12.0 Å². The van der Waals surface area contributed by atoms with Crippen molar-refractivity contribution in [3.05, 3.63) is 35.9 Å². The highest BCUT2D eigenvalue weighted by atomic mass is 15.1. The van der Waals surface area contributed by atoms with Gasteiger partial charge in [0.05, 0.1) is 0 Å². The molecule has 0 spiro atoms. The van der Waals surface area contributed by atoms with Crippen molar-refractivity contribution in [2.24, 2.45) is 0 Å². The Hall–Kier alpha value is -0.860. The van der Waals surface area contributed by atoms with Gasteiger partial charge in [0, 0.05) is 19.1 Å². The Morgan fingerprint density at radius 2 is 1.94 bits per heavy atom. The van der Waals surface area contributed by atoms with Gasteiger partial charge in [-0.25, -0.2) is 0 Å². The van der Waals surface area contributed by atoms with Crippen LogP contribution in [0.25, 0.3) is 0 Å². The van der Waals surface area contributed by atoms with Crippen LogP contribution in [0.5, 0.6) is 0 Å². The number of nitrogens with one attached hydrogen (secondary N) is 1. The quantitative estimate of drug-likeness (QED) is 0.710. The first-order valence-corrected chi connectivity index (χ1v) is 6.19. The summed E-state index contributed by atoms with van der Waals surface area (Å²) in [6.07, 6.45) is 1.20. The smallest absolute Gasteiger partial charge is 0.0234 e. The van der Waals surface area contributed by atoms with Gasteiger partial charge in [0.1, 0.15) is 0 Å². The number of likely N-dealkylation sites (N-methyl/N-ethyl adjacent to an activating group) is 1. The standard InChI is InChI=1S/C14H24N2/c1-4-10-15-11-13(2)16(3)12-14-8-6-5-7-9-14/h5-9,13,15H,4,10-12H2,1-3H3. The minimum absolute atomic E-state index is 0.576. The van der Waals surface area contributed by atoms with Crippen LogP contribution in [0.3, 0.4) is 0 Å². The third-order valence-electron chi connectivity index (χ3n) is 2.89. The Labute approximate surface area is 99.7 Å². The van der Waals surface area contributed by atoms with E-state index in [2.05, 4.69) is 61.4 Å². The average Bonchev–Trinajstić information content (AvgIpc) is 2.30. The molecule has 0 aromatic heterocycles. The largest absolute Gasteiger partial charge is 0.315 e. The van der Waals surface area contributed by atoms with Gasteiger partial charge in [-0.2, -0.15) is 0 Å². The Balaban J connectivity index is 2.31. The van der Waals surface area contributed by atoms with Crippen molar-refractivity contribution in [3.63, 3.8) is 0 Å². The van der Waals surface area contributed by atoms with Gasteiger partial charge in [0.15, 0.2) is 0 Å². The Morgan fingerprint density at radius 1 is 1.25 bits per heavy atom. The first kappa shape index (κ1) is 13.2. The third kappa shape index (κ3) is 4.77. The van der Waals surface area contributed by atoms with Crippen molar-refractivity contribution < 1.29 is 0 Å². The van der Waals surface area contributed by atoms with Crippen LogP contribution in [0.2, 0.25) is 0 Å². The molecular formula is C14H24N2. The van der Waals surface area contributed by atoms with E-state index >= 15 is 0 Å². The molecule has 1 aromatic rings. The van der Waals surface area contributed by atoms with Crippen molar-refractivity contribution in [2.75, 3.05) is 20.1 Å². The van der Waals surface area contributed by atoms with Gasteiger partial charge in [0.25, 0.3) is 0 Å². The molecule has 0 aliphatic carbocycles. The van der Waals surface area contributed by atoms with Crippen LogP contribution in [0.4, 0.5) is 0 Å². The summed E-state index contributed by atoms with van der Waals surface area (Å²) < 4.78 is 0. The van der Waals surface area contributed by atoms with E-state index in [1.807, 2.05) is 0 Å². The maximum Gasteiger partial charge on any atom is 0.0234 e. The number of rotatable bonds is 7. The molecule has 1 N–H and O–H groups in total. The second-order valence-corrected chi connectivity index (χ2v) is 4.45. The van der Waals surface area contributed by atoms with Crippen LogP contribution in [0.15, 0.2) is 30.3 Å². The van der Waals surface area contributed by atoms with Crippen LogP contribution >= 0.6 is 0 Å². The molecule has 0 bridgehead atoms. The van der Waals surface area contributed by atoms with Crippen molar-refractivity contribution in [2.45, 2.75) is 32.9 Å². The van der Waals surface area contributed by atoms with E-state index in [0.29, 0.717) is 6.04 Å². The topological polar surface area (TPSA) is 15.3 Å². The number of hydrogen-bond acceptors (Lipinski definition) is 2. The van der Waals surface area contributed by atoms with Gasteiger partial charge in [-0.05, 0) is 32.5 Å². The van der Waals surface area contributed by atoms with Crippen LogP contribution in [-0.4, -0.2) is 31.1 Å². The van der Waals surface area contributed by atoms with Crippen molar-refractivity contribution in [1.82, 2.24) is 10.2 Å². The van der Waals surface area contributed by atoms with Crippen molar-refractivity contribution in [1.29, 1.82) is 0 Å². The molecule has 1 atom stereocenters. The molecule has 0 saturated carbocycles. The highest BCUT2D eigenvalue weighted by Crippen LogP contribution is 2.05. The Kier molecular flexibility index (Phi) is 6.12. The summed E-state index contributed by atoms with van der Waals surface area (Å²) in [5.41, 5.74) is 1.38. The van der Waals surface area contributed by atoms with Gasteiger partial charge in [-0.1, -0.05) is 37.3 Å². The van der Waals surface area contributed by atoms with Crippen molar-refractivity contribution in [3.8, 4) is 0 Å². The van der Waals surface area contributed by atoms with E-state index in [1.54, 1.807) is 0 Å². The second-order valence-electron chi connectivity index (χ2n) is 4.45. The lowest BCUT2D eigenvalue weighted by atomic mass is 10.2. The summed E-state index contributed by atoms with van der Waals surface area (Å²) in [6.45, 7) is 7.67. The SMILES string of the molecule is CCCNCC(C)N(C)Cc1ccccc1. The fraction of sp³-hybridized carbons (Fsp3) is 0.571. The first-order chi connectivity index (χ1) is 7.74. The molecule has 1 aromatic carbocycles. The molecule has 2 heteroatoms. The first-order valence-electron chi connectivity index (χ1n) is 6.19. The predicted molar refractivity (Wildman–Crippen MR) is 70.5 cm³/mol. The fourth-order valence-corrected chi connectivity index (χ4v) is 1.67. The summed E-state index contributed by atoms with van der Waals surface area (Å²) in [5, 5.41) is 3.46. The predicted octanol–water partition coefficient (Wildman–Crippen LogP) is 2.51. The fourth-order valence-electron chi connectivity index (χ4n) is 1.67. The molecule has 0 radical (unpaired) electrons. The molecule has 0 heterocycles. The van der Waals surface area contributed by atoms with Crippen LogP contribution in [0, 0.1) is 0 Å². The van der Waals surface area contributed by atoms with Crippen molar-refractivity contribution >= 4 is 0 Å². The summed E-state index contributed by atoms with van der Waals surface area (Å²) >= 11 is 0. The van der Waals surface area contributed by atoms with E-state index in [0.717, 1.165) is 19.6 Å². The van der Waals surface area contributed by atoms with Crippen LogP contribution in [0.1, 0.15) is 25.8 Å². The van der Waals surface area contributed by atoms with Gasteiger partial charge in [-0.15, -0.1) is 0 Å². The monoisotopic (exact) mass is 220 g/mol. The molecule has 0 fully saturated rings. The van der Waals surface area contributed by atoms with Crippen LogP contribution < -0.4 is 5.32 Å². The zero-order chi connectivity index (χ0) is 11.8. The minimum Gasteiger partial charge on any atom is -0.315 e. The second kappa shape index (κ2) is 7.42. The highest BCUT2D eigenvalue weighted by molar-refractivity contribution is 5.14. The van der Waals surface area contributed by atoms with Gasteiger partial charge < -0.3 is 5.32 Å². The molecule has 90 valence electrons. The van der Waals surface area contributed by atoms with E-state index in [4.69, 9.17) is 0 Å². The summed E-state index contributed by atoms with van der Waals surface area (Å²) in [7, 11) is 2.19. The van der Waals surface area contributed by atoms with E-state index in [-0.39, 0.29) is 0 Å². The van der Waals surface area contributed by atoms with Gasteiger partial charge in [0.2, 0.25) is 0 Å².